The molecule has 0 atom stereocenters. The molecule has 12 heavy (non-hydrogen) atoms. The standard InChI is InChI=1S/C9H18N2O/c1-2-5-11(4-1)6-3-10-9-7-12-8-9/h9-10H,1-8H2. The van der Waals surface area contributed by atoms with Gasteiger partial charge in [0.15, 0.2) is 0 Å². The molecule has 3 heteroatoms. The maximum Gasteiger partial charge on any atom is 0.0643 e. The van der Waals surface area contributed by atoms with Gasteiger partial charge in [0.1, 0.15) is 0 Å². The largest absolute Gasteiger partial charge is 0.378 e. The highest BCUT2D eigenvalue weighted by atomic mass is 16.5. The summed E-state index contributed by atoms with van der Waals surface area (Å²) < 4.78 is 5.08. The Hall–Kier alpha value is -0.120. The van der Waals surface area contributed by atoms with E-state index in [0.717, 1.165) is 19.8 Å². The molecule has 0 aromatic rings. The molecule has 3 nitrogen and oxygen atoms in total. The molecule has 0 saturated carbocycles. The lowest BCUT2D eigenvalue weighted by atomic mass is 10.2. The van der Waals surface area contributed by atoms with Crippen LogP contribution in [0.3, 0.4) is 0 Å². The topological polar surface area (TPSA) is 24.5 Å². The van der Waals surface area contributed by atoms with Gasteiger partial charge < -0.3 is 15.0 Å². The maximum atomic E-state index is 5.08. The summed E-state index contributed by atoms with van der Waals surface area (Å²) in [5.74, 6) is 0. The minimum Gasteiger partial charge on any atom is -0.378 e. The molecular weight excluding hydrogens is 152 g/mol. The van der Waals surface area contributed by atoms with Gasteiger partial charge in [0, 0.05) is 13.1 Å². The zero-order valence-electron chi connectivity index (χ0n) is 7.59. The summed E-state index contributed by atoms with van der Waals surface area (Å²) in [5, 5.41) is 3.48. The lowest BCUT2D eigenvalue weighted by Crippen LogP contribution is -2.48. The number of ether oxygens (including phenoxy) is 1. The summed E-state index contributed by atoms with van der Waals surface area (Å²) >= 11 is 0. The van der Waals surface area contributed by atoms with Crippen LogP contribution >= 0.6 is 0 Å². The molecule has 0 aromatic heterocycles. The quantitative estimate of drug-likeness (QED) is 0.646. The van der Waals surface area contributed by atoms with E-state index in [1.165, 1.54) is 32.5 Å². The number of nitrogens with zero attached hydrogens (tertiary/aromatic N) is 1. The molecule has 1 N–H and O–H groups in total. The first-order valence-electron chi connectivity index (χ1n) is 4.98. The Balaban J connectivity index is 1.49. The molecule has 0 radical (unpaired) electrons. The molecule has 0 amide bonds. The van der Waals surface area contributed by atoms with Crippen molar-refractivity contribution in [2.24, 2.45) is 0 Å². The van der Waals surface area contributed by atoms with Crippen LogP contribution in [0.4, 0.5) is 0 Å². The second kappa shape index (κ2) is 4.21. The van der Waals surface area contributed by atoms with Crippen LogP contribution in [0.5, 0.6) is 0 Å². The lowest BCUT2D eigenvalue weighted by molar-refractivity contribution is -0.00549. The van der Waals surface area contributed by atoms with Gasteiger partial charge in [-0.2, -0.15) is 0 Å². The van der Waals surface area contributed by atoms with Gasteiger partial charge >= 0.3 is 0 Å². The van der Waals surface area contributed by atoms with Crippen LogP contribution in [0.25, 0.3) is 0 Å². The molecule has 0 unspecified atom stereocenters. The van der Waals surface area contributed by atoms with Crippen LogP contribution in [0.2, 0.25) is 0 Å². The molecule has 2 aliphatic heterocycles. The molecule has 2 fully saturated rings. The van der Waals surface area contributed by atoms with E-state index < -0.39 is 0 Å². The van der Waals surface area contributed by atoms with Crippen molar-refractivity contribution < 1.29 is 4.74 Å². The van der Waals surface area contributed by atoms with Crippen molar-refractivity contribution >= 4 is 0 Å². The minimum absolute atomic E-state index is 0.646. The van der Waals surface area contributed by atoms with Crippen molar-refractivity contribution in [1.82, 2.24) is 10.2 Å². The van der Waals surface area contributed by atoms with Crippen LogP contribution in [-0.4, -0.2) is 50.3 Å². The van der Waals surface area contributed by atoms with E-state index in [2.05, 4.69) is 10.2 Å². The first-order valence-corrected chi connectivity index (χ1v) is 4.98. The Kier molecular flexibility index (Phi) is 2.98. The third-order valence-electron chi connectivity index (χ3n) is 2.70. The first-order chi connectivity index (χ1) is 5.95. The summed E-state index contributed by atoms with van der Waals surface area (Å²) in [6.07, 6.45) is 2.79. The van der Waals surface area contributed by atoms with Crippen LogP contribution in [-0.2, 0) is 4.74 Å². The predicted octanol–water partition coefficient (Wildman–Crippen LogP) is 0.0706. The molecule has 0 aliphatic carbocycles. The normalized spacial score (nSPS) is 26.0. The van der Waals surface area contributed by atoms with Crippen molar-refractivity contribution in [3.63, 3.8) is 0 Å². The van der Waals surface area contributed by atoms with Crippen LogP contribution in [0, 0.1) is 0 Å². The van der Waals surface area contributed by atoms with E-state index in [-0.39, 0.29) is 0 Å². The van der Waals surface area contributed by atoms with E-state index in [1.54, 1.807) is 0 Å². The number of rotatable bonds is 4. The fourth-order valence-corrected chi connectivity index (χ4v) is 1.79. The summed E-state index contributed by atoms with van der Waals surface area (Å²) in [5.41, 5.74) is 0. The lowest BCUT2D eigenvalue weighted by Gasteiger charge is -2.27. The van der Waals surface area contributed by atoms with E-state index in [0.29, 0.717) is 6.04 Å². The average molecular weight is 170 g/mol. The summed E-state index contributed by atoms with van der Waals surface area (Å²) in [7, 11) is 0. The monoisotopic (exact) mass is 170 g/mol. The van der Waals surface area contributed by atoms with Crippen molar-refractivity contribution in [2.75, 3.05) is 39.4 Å². The smallest absolute Gasteiger partial charge is 0.0643 e. The van der Waals surface area contributed by atoms with Crippen LogP contribution < -0.4 is 5.32 Å². The van der Waals surface area contributed by atoms with Gasteiger partial charge in [0.05, 0.1) is 19.3 Å². The number of nitrogens with one attached hydrogen (secondary N) is 1. The average Bonchev–Trinajstić information content (AvgIpc) is 2.46. The van der Waals surface area contributed by atoms with E-state index in [9.17, 15) is 0 Å². The third kappa shape index (κ3) is 2.19. The van der Waals surface area contributed by atoms with Gasteiger partial charge in [-0.05, 0) is 25.9 Å². The second-order valence-corrected chi connectivity index (χ2v) is 3.74. The summed E-state index contributed by atoms with van der Waals surface area (Å²) in [4.78, 5) is 2.53. The van der Waals surface area contributed by atoms with Crippen LogP contribution in [0.15, 0.2) is 0 Å². The Bertz CT molecular complexity index is 130. The van der Waals surface area contributed by atoms with Crippen molar-refractivity contribution in [3.05, 3.63) is 0 Å². The molecular formula is C9H18N2O. The van der Waals surface area contributed by atoms with Gasteiger partial charge in [-0.1, -0.05) is 0 Å². The molecule has 0 aromatic carbocycles. The second-order valence-electron chi connectivity index (χ2n) is 3.74. The molecule has 2 heterocycles. The Morgan fingerprint density at radius 2 is 2.00 bits per heavy atom. The number of hydrogen-bond donors (Lipinski definition) is 1. The highest BCUT2D eigenvalue weighted by Gasteiger charge is 2.17. The molecule has 70 valence electrons. The SMILES string of the molecule is C1CCN(CCNC2COC2)C1. The predicted molar refractivity (Wildman–Crippen MR) is 48.3 cm³/mol. The zero-order valence-corrected chi connectivity index (χ0v) is 7.59. The Morgan fingerprint density at radius 1 is 1.25 bits per heavy atom. The van der Waals surface area contributed by atoms with Gasteiger partial charge in [0.25, 0.3) is 0 Å². The highest BCUT2D eigenvalue weighted by molar-refractivity contribution is 4.74. The van der Waals surface area contributed by atoms with Gasteiger partial charge in [-0.25, -0.2) is 0 Å². The van der Waals surface area contributed by atoms with Gasteiger partial charge in [-0.15, -0.1) is 0 Å². The van der Waals surface area contributed by atoms with E-state index in [1.807, 2.05) is 0 Å². The summed E-state index contributed by atoms with van der Waals surface area (Å²) in [6, 6.07) is 0.646. The first kappa shape index (κ1) is 8.48. The minimum atomic E-state index is 0.646. The summed E-state index contributed by atoms with van der Waals surface area (Å²) in [6.45, 7) is 6.80. The van der Waals surface area contributed by atoms with E-state index in [4.69, 9.17) is 4.74 Å². The highest BCUT2D eigenvalue weighted by Crippen LogP contribution is 2.06. The molecule has 0 spiro atoms. The third-order valence-corrected chi connectivity index (χ3v) is 2.70. The molecule has 0 bridgehead atoms. The van der Waals surface area contributed by atoms with E-state index >= 15 is 0 Å². The van der Waals surface area contributed by atoms with Gasteiger partial charge in [0.2, 0.25) is 0 Å². The van der Waals surface area contributed by atoms with Gasteiger partial charge in [-0.3, -0.25) is 0 Å². The number of hydrogen-bond acceptors (Lipinski definition) is 3. The Labute approximate surface area is 74.1 Å². The van der Waals surface area contributed by atoms with Crippen molar-refractivity contribution in [1.29, 1.82) is 0 Å². The fourth-order valence-electron chi connectivity index (χ4n) is 1.79. The molecule has 2 aliphatic rings. The fraction of sp³-hybridized carbons (Fsp3) is 1.00. The van der Waals surface area contributed by atoms with Crippen molar-refractivity contribution in [2.45, 2.75) is 18.9 Å². The maximum absolute atomic E-state index is 5.08. The van der Waals surface area contributed by atoms with Crippen molar-refractivity contribution in [3.8, 4) is 0 Å². The molecule has 2 rings (SSSR count). The number of likely N-dealkylation sites (tertiary alicyclic amines) is 1. The van der Waals surface area contributed by atoms with Crippen LogP contribution in [0.1, 0.15) is 12.8 Å². The zero-order chi connectivity index (χ0) is 8.23. The Morgan fingerprint density at radius 3 is 2.58 bits per heavy atom. The molecule has 2 saturated heterocycles.